The summed E-state index contributed by atoms with van der Waals surface area (Å²) in [6, 6.07) is 10.6. The topological polar surface area (TPSA) is 64.7 Å². The molecule has 2 heterocycles. The van der Waals surface area contributed by atoms with Crippen LogP contribution in [0.4, 0.5) is 14.9 Å². The van der Waals surface area contributed by atoms with Crippen LogP contribution in [0.15, 0.2) is 42.5 Å². The molecule has 5 rings (SSSR count). The van der Waals surface area contributed by atoms with E-state index in [1.54, 1.807) is 18.2 Å². The molecule has 2 atom stereocenters. The number of rotatable bonds is 6. The van der Waals surface area contributed by atoms with Gasteiger partial charge in [-0.2, -0.15) is 0 Å². The van der Waals surface area contributed by atoms with Crippen LogP contribution in [0.25, 0.3) is 6.08 Å². The number of aryl methyl sites for hydroxylation is 1. The Hall–Kier alpha value is -2.90. The number of anilines is 1. The highest BCUT2D eigenvalue weighted by atomic mass is 35.5. The van der Waals surface area contributed by atoms with Gasteiger partial charge in [0.05, 0.1) is 5.69 Å². The van der Waals surface area contributed by atoms with Crippen molar-refractivity contribution in [3.8, 4) is 0 Å². The number of nitrogens with zero attached hydrogens (tertiary/aromatic N) is 2. The van der Waals surface area contributed by atoms with Crippen molar-refractivity contribution in [2.45, 2.75) is 57.3 Å². The first kappa shape index (κ1) is 23.8. The summed E-state index contributed by atoms with van der Waals surface area (Å²) in [7, 11) is 0. The zero-order chi connectivity index (χ0) is 24.5. The van der Waals surface area contributed by atoms with E-state index in [-0.39, 0.29) is 35.9 Å². The first-order valence-corrected chi connectivity index (χ1v) is 12.6. The number of hydrogen-bond donors (Lipinski definition) is 2. The molecule has 2 aliphatic heterocycles. The number of carbonyl (C=O) groups excluding carboxylic acids is 2. The monoisotopic (exact) mass is 496 g/mol. The van der Waals surface area contributed by atoms with Crippen LogP contribution < -0.4 is 10.6 Å². The fourth-order valence-electron chi connectivity index (χ4n) is 5.10. The summed E-state index contributed by atoms with van der Waals surface area (Å²) in [6.45, 7) is 4.27. The standard InChI is InChI=1S/C27H30ClFN4O2/c1-17-12-19(25(13-24(17)28)31-27(35)30-21-7-8-21)4-11-26(34)33-22-9-10-23(33)16-32(15-22)14-18-2-5-20(29)6-3-18/h2-6,11-13,21-23H,7-10,14-16H2,1H3,(H2,30,31,35)/b11-4+. The van der Waals surface area contributed by atoms with Gasteiger partial charge < -0.3 is 15.5 Å². The van der Waals surface area contributed by atoms with Gasteiger partial charge >= 0.3 is 6.03 Å². The molecule has 3 fully saturated rings. The normalized spacial score (nSPS) is 22.0. The Morgan fingerprint density at radius 1 is 1.09 bits per heavy atom. The lowest BCUT2D eigenvalue weighted by molar-refractivity contribution is -0.131. The fraction of sp³-hybridized carbons (Fsp3) is 0.407. The van der Waals surface area contributed by atoms with Gasteiger partial charge in [-0.25, -0.2) is 9.18 Å². The highest BCUT2D eigenvalue weighted by Gasteiger charge is 2.41. The molecule has 0 spiro atoms. The van der Waals surface area contributed by atoms with Crippen molar-refractivity contribution >= 4 is 35.3 Å². The van der Waals surface area contributed by atoms with E-state index in [1.807, 2.05) is 30.0 Å². The van der Waals surface area contributed by atoms with Crippen LogP contribution in [0.2, 0.25) is 5.02 Å². The molecule has 3 aliphatic rings. The minimum Gasteiger partial charge on any atom is -0.335 e. The van der Waals surface area contributed by atoms with E-state index in [2.05, 4.69) is 15.5 Å². The molecule has 2 N–H and O–H groups in total. The molecule has 2 saturated heterocycles. The number of nitrogens with one attached hydrogen (secondary N) is 2. The van der Waals surface area contributed by atoms with E-state index in [0.717, 1.165) is 62.0 Å². The number of fused-ring (bicyclic) bond motifs is 2. The van der Waals surface area contributed by atoms with Gasteiger partial charge in [-0.05, 0) is 79.6 Å². The fourth-order valence-corrected chi connectivity index (χ4v) is 5.26. The number of urea groups is 1. The lowest BCUT2D eigenvalue weighted by atomic mass is 10.1. The van der Waals surface area contributed by atoms with Gasteiger partial charge in [0.25, 0.3) is 0 Å². The van der Waals surface area contributed by atoms with Gasteiger partial charge in [0.1, 0.15) is 5.82 Å². The van der Waals surface area contributed by atoms with Crippen molar-refractivity contribution in [3.63, 3.8) is 0 Å². The number of benzene rings is 2. The van der Waals surface area contributed by atoms with Crippen molar-refractivity contribution in [1.29, 1.82) is 0 Å². The number of piperazine rings is 1. The second kappa shape index (κ2) is 9.99. The molecule has 2 bridgehead atoms. The summed E-state index contributed by atoms with van der Waals surface area (Å²) in [5.74, 6) is -0.242. The minimum absolute atomic E-state index is 0.0140. The summed E-state index contributed by atoms with van der Waals surface area (Å²) in [5, 5.41) is 6.34. The largest absolute Gasteiger partial charge is 0.335 e. The third kappa shape index (κ3) is 5.68. The van der Waals surface area contributed by atoms with Crippen molar-refractivity contribution in [2.75, 3.05) is 18.4 Å². The smallest absolute Gasteiger partial charge is 0.319 e. The molecule has 1 saturated carbocycles. The van der Waals surface area contributed by atoms with Crippen molar-refractivity contribution in [2.24, 2.45) is 0 Å². The number of hydrogen-bond acceptors (Lipinski definition) is 3. The number of halogens is 2. The van der Waals surface area contributed by atoms with Crippen LogP contribution in [-0.2, 0) is 11.3 Å². The third-order valence-corrected chi connectivity index (χ3v) is 7.44. The molecule has 2 aromatic rings. The average molecular weight is 497 g/mol. The van der Waals surface area contributed by atoms with E-state index in [9.17, 15) is 14.0 Å². The first-order chi connectivity index (χ1) is 16.9. The maximum absolute atomic E-state index is 13.2. The zero-order valence-corrected chi connectivity index (χ0v) is 20.5. The Balaban J connectivity index is 1.25. The summed E-state index contributed by atoms with van der Waals surface area (Å²) in [5.41, 5.74) is 3.28. The molecule has 6 nitrogen and oxygen atoms in total. The molecule has 3 amide bonds. The predicted octanol–water partition coefficient (Wildman–Crippen LogP) is 4.96. The molecular weight excluding hydrogens is 467 g/mol. The summed E-state index contributed by atoms with van der Waals surface area (Å²) < 4.78 is 13.2. The lowest BCUT2D eigenvalue weighted by Gasteiger charge is -2.40. The Morgan fingerprint density at radius 2 is 1.77 bits per heavy atom. The first-order valence-electron chi connectivity index (χ1n) is 12.2. The number of carbonyl (C=O) groups is 2. The highest BCUT2D eigenvalue weighted by Crippen LogP contribution is 2.32. The van der Waals surface area contributed by atoms with Gasteiger partial charge in [0.15, 0.2) is 0 Å². The van der Waals surface area contributed by atoms with Crippen molar-refractivity contribution in [3.05, 3.63) is 70.0 Å². The quantitative estimate of drug-likeness (QED) is 0.555. The number of amides is 3. The molecule has 1 aliphatic carbocycles. The molecule has 8 heteroatoms. The van der Waals surface area contributed by atoms with Crippen LogP contribution in [0.3, 0.4) is 0 Å². The van der Waals surface area contributed by atoms with Crippen LogP contribution in [0, 0.1) is 12.7 Å². The maximum atomic E-state index is 13.2. The molecule has 35 heavy (non-hydrogen) atoms. The minimum atomic E-state index is -0.260. The molecule has 0 aromatic heterocycles. The predicted molar refractivity (Wildman–Crippen MR) is 136 cm³/mol. The van der Waals surface area contributed by atoms with Crippen molar-refractivity contribution < 1.29 is 14.0 Å². The molecule has 2 unspecified atom stereocenters. The Kier molecular flexibility index (Phi) is 6.80. The van der Waals surface area contributed by atoms with E-state index in [1.165, 1.54) is 12.1 Å². The number of likely N-dealkylation sites (tertiary alicyclic amines) is 1. The third-order valence-electron chi connectivity index (χ3n) is 7.03. The van der Waals surface area contributed by atoms with Gasteiger partial charge in [-0.15, -0.1) is 0 Å². The van der Waals surface area contributed by atoms with E-state index < -0.39 is 0 Å². The lowest BCUT2D eigenvalue weighted by Crippen LogP contribution is -2.55. The molecule has 184 valence electrons. The van der Waals surface area contributed by atoms with Crippen LogP contribution in [0.5, 0.6) is 0 Å². The van der Waals surface area contributed by atoms with E-state index >= 15 is 0 Å². The van der Waals surface area contributed by atoms with Crippen LogP contribution in [0.1, 0.15) is 42.4 Å². The molecule has 2 aromatic carbocycles. The Morgan fingerprint density at radius 3 is 2.43 bits per heavy atom. The molecular formula is C27H30ClFN4O2. The average Bonchev–Trinajstić information content (AvgIpc) is 3.59. The highest BCUT2D eigenvalue weighted by molar-refractivity contribution is 6.31. The van der Waals surface area contributed by atoms with Crippen LogP contribution in [-0.4, -0.2) is 53.0 Å². The second-order valence-corrected chi connectivity index (χ2v) is 10.3. The SMILES string of the molecule is Cc1cc(/C=C/C(=O)N2C3CCC2CN(Cc2ccc(F)cc2)C3)c(NC(=O)NC2CC2)cc1Cl. The summed E-state index contributed by atoms with van der Waals surface area (Å²) in [6.07, 6.45) is 7.35. The van der Waals surface area contributed by atoms with E-state index in [4.69, 9.17) is 11.6 Å². The molecule has 0 radical (unpaired) electrons. The van der Waals surface area contributed by atoms with Gasteiger partial charge in [0.2, 0.25) is 5.91 Å². The van der Waals surface area contributed by atoms with Gasteiger partial charge in [0, 0.05) is 48.9 Å². The summed E-state index contributed by atoms with van der Waals surface area (Å²) >= 11 is 6.30. The zero-order valence-electron chi connectivity index (χ0n) is 19.8. The van der Waals surface area contributed by atoms with E-state index in [0.29, 0.717) is 10.7 Å². The maximum Gasteiger partial charge on any atom is 0.319 e. The summed E-state index contributed by atoms with van der Waals surface area (Å²) in [4.78, 5) is 29.9. The Bertz CT molecular complexity index is 1130. The van der Waals surface area contributed by atoms with Gasteiger partial charge in [-0.1, -0.05) is 23.7 Å². The Labute approximate surface area is 210 Å². The van der Waals surface area contributed by atoms with Gasteiger partial charge in [-0.3, -0.25) is 9.69 Å². The second-order valence-electron chi connectivity index (χ2n) is 9.85. The van der Waals surface area contributed by atoms with Crippen LogP contribution >= 0.6 is 11.6 Å². The van der Waals surface area contributed by atoms with Crippen molar-refractivity contribution in [1.82, 2.24) is 15.1 Å².